The Kier molecular flexibility index (Phi) is 7.02. The summed E-state index contributed by atoms with van der Waals surface area (Å²) in [6.45, 7) is 0. The molecular weight excluding hydrogens is 567 g/mol. The molecule has 7 nitrogen and oxygen atoms in total. The van der Waals surface area contributed by atoms with Crippen LogP contribution >= 0.6 is 0 Å². The Labute approximate surface area is 240 Å². The van der Waals surface area contributed by atoms with Gasteiger partial charge in [0.05, 0.1) is 27.9 Å². The molecule has 3 heterocycles. The molecule has 0 aliphatic carbocycles. The van der Waals surface area contributed by atoms with E-state index >= 15 is 0 Å². The van der Waals surface area contributed by atoms with E-state index in [1.54, 1.807) is 47.1 Å². The number of hydrogen-bond acceptors (Lipinski definition) is 5. The fourth-order valence-electron chi connectivity index (χ4n) is 4.64. The molecule has 0 unspecified atom stereocenters. The Morgan fingerprint density at radius 1 is 0.837 bits per heavy atom. The zero-order valence-electron chi connectivity index (χ0n) is 21.9. The Balaban J connectivity index is 1.39. The Morgan fingerprint density at radius 2 is 1.63 bits per heavy atom. The lowest BCUT2D eigenvalue weighted by Gasteiger charge is -2.14. The quantitative estimate of drug-likeness (QED) is 0.195. The van der Waals surface area contributed by atoms with Crippen LogP contribution in [-0.4, -0.2) is 25.5 Å². The maximum absolute atomic E-state index is 14.4. The molecule has 1 amide bonds. The largest absolute Gasteiger partial charge is 0.417 e. The highest BCUT2D eigenvalue weighted by molar-refractivity contribution is 6.06. The van der Waals surface area contributed by atoms with E-state index in [-0.39, 0.29) is 11.6 Å². The monoisotopic (exact) mass is 586 g/mol. The van der Waals surface area contributed by atoms with Crippen molar-refractivity contribution < 1.29 is 26.7 Å². The number of aromatic nitrogens is 4. The normalized spacial score (nSPS) is 11.5. The van der Waals surface area contributed by atoms with Crippen LogP contribution in [0, 0.1) is 11.6 Å². The average molecular weight is 587 g/mol. The summed E-state index contributed by atoms with van der Waals surface area (Å²) >= 11 is 0. The minimum absolute atomic E-state index is 0.123. The zero-order chi connectivity index (χ0) is 30.1. The molecule has 0 aliphatic rings. The predicted molar refractivity (Wildman–Crippen MR) is 151 cm³/mol. The van der Waals surface area contributed by atoms with Crippen molar-refractivity contribution in [3.63, 3.8) is 0 Å². The lowest BCUT2D eigenvalue weighted by atomic mass is 10.0. The van der Waals surface area contributed by atoms with Gasteiger partial charge in [0.2, 0.25) is 5.95 Å². The van der Waals surface area contributed by atoms with Crippen molar-refractivity contribution in [1.29, 1.82) is 0 Å². The number of carbonyl (C=O) groups is 1. The molecule has 0 bridgehead atoms. The third-order valence-corrected chi connectivity index (χ3v) is 6.47. The number of fused-ring (bicyclic) bond motifs is 1. The Bertz CT molecular complexity index is 1990. The van der Waals surface area contributed by atoms with Gasteiger partial charge in [-0.05, 0) is 60.7 Å². The summed E-state index contributed by atoms with van der Waals surface area (Å²) in [5, 5.41) is 10.0. The summed E-state index contributed by atoms with van der Waals surface area (Å²) < 4.78 is 70.2. The first-order valence-electron chi connectivity index (χ1n) is 12.8. The molecule has 6 rings (SSSR count). The summed E-state index contributed by atoms with van der Waals surface area (Å²) in [5.41, 5.74) is 0.788. The van der Waals surface area contributed by atoms with Crippen molar-refractivity contribution in [1.82, 2.24) is 19.6 Å². The number of hydrogen-bond donors (Lipinski definition) is 2. The van der Waals surface area contributed by atoms with Gasteiger partial charge in [-0.2, -0.15) is 18.3 Å². The van der Waals surface area contributed by atoms with Gasteiger partial charge in [-0.3, -0.25) is 4.79 Å². The van der Waals surface area contributed by atoms with E-state index < -0.39 is 34.8 Å². The van der Waals surface area contributed by atoms with Crippen LogP contribution in [0.1, 0.15) is 15.9 Å². The number of alkyl halides is 3. The highest BCUT2D eigenvalue weighted by atomic mass is 19.4. The van der Waals surface area contributed by atoms with E-state index in [0.717, 1.165) is 12.1 Å². The molecule has 3 aromatic carbocycles. The molecule has 0 saturated carbocycles. The van der Waals surface area contributed by atoms with E-state index in [1.807, 2.05) is 12.1 Å². The maximum Gasteiger partial charge on any atom is 0.417 e. The van der Waals surface area contributed by atoms with Gasteiger partial charge < -0.3 is 10.6 Å². The molecule has 0 aliphatic heterocycles. The van der Waals surface area contributed by atoms with Crippen molar-refractivity contribution in [2.75, 3.05) is 10.6 Å². The number of halogens is 5. The summed E-state index contributed by atoms with van der Waals surface area (Å²) in [7, 11) is 0. The van der Waals surface area contributed by atoms with E-state index in [4.69, 9.17) is 0 Å². The molecule has 0 radical (unpaired) electrons. The topological polar surface area (TPSA) is 84.2 Å². The number of pyridine rings is 1. The van der Waals surface area contributed by atoms with E-state index in [2.05, 4.69) is 25.7 Å². The Hall–Kier alpha value is -5.65. The van der Waals surface area contributed by atoms with Gasteiger partial charge in [-0.25, -0.2) is 23.3 Å². The lowest BCUT2D eigenvalue weighted by Crippen LogP contribution is -2.20. The summed E-state index contributed by atoms with van der Waals surface area (Å²) in [6, 6.07) is 21.6. The van der Waals surface area contributed by atoms with Crippen LogP contribution in [0.2, 0.25) is 0 Å². The average Bonchev–Trinajstić information content (AvgIpc) is 3.37. The van der Waals surface area contributed by atoms with Crippen molar-refractivity contribution in [2.24, 2.45) is 0 Å². The van der Waals surface area contributed by atoms with Gasteiger partial charge in [0.15, 0.2) is 0 Å². The molecule has 0 atom stereocenters. The SMILES string of the molecule is O=C(Nc1cccc(-c2nn3ccccc3c2-c2ccnc(Nc3cccc(F)c3)n2)c1)c1c(F)cccc1C(F)(F)F. The minimum atomic E-state index is -4.93. The van der Waals surface area contributed by atoms with Crippen LogP contribution in [0.15, 0.2) is 103 Å². The smallest absolute Gasteiger partial charge is 0.324 e. The second kappa shape index (κ2) is 11.0. The van der Waals surface area contributed by atoms with Gasteiger partial charge in [-0.1, -0.05) is 30.3 Å². The van der Waals surface area contributed by atoms with Crippen LogP contribution in [-0.2, 0) is 6.18 Å². The highest BCUT2D eigenvalue weighted by Crippen LogP contribution is 2.36. The highest BCUT2D eigenvalue weighted by Gasteiger charge is 2.36. The molecule has 6 aromatic rings. The number of anilines is 3. The first kappa shape index (κ1) is 27.5. The molecule has 214 valence electrons. The first-order chi connectivity index (χ1) is 20.7. The van der Waals surface area contributed by atoms with Crippen molar-refractivity contribution in [3.05, 3.63) is 126 Å². The van der Waals surface area contributed by atoms with Crippen LogP contribution in [0.5, 0.6) is 0 Å². The van der Waals surface area contributed by atoms with Crippen molar-refractivity contribution in [3.8, 4) is 22.5 Å². The predicted octanol–water partition coefficient (Wildman–Crippen LogP) is 7.75. The minimum Gasteiger partial charge on any atom is -0.324 e. The second-order valence-electron chi connectivity index (χ2n) is 9.35. The fraction of sp³-hybridized carbons (Fsp3) is 0.0323. The standard InChI is InChI=1S/C31H19F5N6O/c32-19-7-4-9-21(17-19)39-30-37-14-13-24(40-30)27-25-12-1-2-15-42(25)41-28(27)18-6-3-8-20(16-18)38-29(43)26-22(31(34,35)36)10-5-11-23(26)33/h1-17H,(H,38,43)(H,37,39,40). The molecule has 0 saturated heterocycles. The molecule has 43 heavy (non-hydrogen) atoms. The molecule has 0 fully saturated rings. The van der Waals surface area contributed by atoms with Crippen molar-refractivity contribution in [2.45, 2.75) is 6.18 Å². The van der Waals surface area contributed by atoms with Gasteiger partial charge in [0, 0.05) is 29.3 Å². The Morgan fingerprint density at radius 3 is 2.44 bits per heavy atom. The molecule has 12 heteroatoms. The van der Waals surface area contributed by atoms with Crippen LogP contribution in [0.25, 0.3) is 28.0 Å². The van der Waals surface area contributed by atoms with E-state index in [9.17, 15) is 26.7 Å². The maximum atomic E-state index is 14.4. The van der Waals surface area contributed by atoms with Crippen molar-refractivity contribution >= 4 is 28.7 Å². The first-order valence-corrected chi connectivity index (χ1v) is 12.8. The molecular formula is C31H19F5N6O. The number of rotatable bonds is 6. The van der Waals surface area contributed by atoms with Gasteiger partial charge in [0.1, 0.15) is 17.3 Å². The van der Waals surface area contributed by atoms with Gasteiger partial charge in [0.25, 0.3) is 5.91 Å². The van der Waals surface area contributed by atoms with E-state index in [1.165, 1.54) is 30.5 Å². The third-order valence-electron chi connectivity index (χ3n) is 6.47. The van der Waals surface area contributed by atoms with Crippen LogP contribution in [0.4, 0.5) is 39.3 Å². The van der Waals surface area contributed by atoms with Gasteiger partial charge in [-0.15, -0.1) is 0 Å². The third kappa shape index (κ3) is 5.62. The summed E-state index contributed by atoms with van der Waals surface area (Å²) in [6.07, 6.45) is -1.66. The van der Waals surface area contributed by atoms with Gasteiger partial charge >= 0.3 is 6.18 Å². The lowest BCUT2D eigenvalue weighted by molar-refractivity contribution is -0.138. The zero-order valence-corrected chi connectivity index (χ0v) is 21.9. The number of amides is 1. The number of benzene rings is 3. The summed E-state index contributed by atoms with van der Waals surface area (Å²) in [5.74, 6) is -2.77. The number of carbonyl (C=O) groups excluding carboxylic acids is 1. The number of nitrogens with zero attached hydrogens (tertiary/aromatic N) is 4. The molecule has 2 N–H and O–H groups in total. The summed E-state index contributed by atoms with van der Waals surface area (Å²) in [4.78, 5) is 21.7. The second-order valence-corrected chi connectivity index (χ2v) is 9.35. The molecule has 0 spiro atoms. The molecule has 3 aromatic heterocycles. The number of nitrogens with one attached hydrogen (secondary N) is 2. The van der Waals surface area contributed by atoms with E-state index in [0.29, 0.717) is 39.8 Å². The van der Waals surface area contributed by atoms with Crippen LogP contribution in [0.3, 0.4) is 0 Å². The van der Waals surface area contributed by atoms with Crippen LogP contribution < -0.4 is 10.6 Å². The fourth-order valence-corrected chi connectivity index (χ4v) is 4.64.